The van der Waals surface area contributed by atoms with Crippen LogP contribution in [0.2, 0.25) is 0 Å². The summed E-state index contributed by atoms with van der Waals surface area (Å²) in [4.78, 5) is 20.4. The number of nitrogens with one attached hydrogen (secondary N) is 2. The van der Waals surface area contributed by atoms with Crippen LogP contribution in [0.5, 0.6) is 0 Å². The summed E-state index contributed by atoms with van der Waals surface area (Å²) in [6, 6.07) is 23.1. The summed E-state index contributed by atoms with van der Waals surface area (Å²) in [7, 11) is 1.76. The quantitative estimate of drug-likeness (QED) is 0.246. The minimum Gasteiger partial charge on any atom is -0.356 e. The molecule has 2 N–H and O–H groups in total. The average Bonchev–Trinajstić information content (AvgIpc) is 3.32. The van der Waals surface area contributed by atoms with Crippen molar-refractivity contribution in [2.75, 3.05) is 26.7 Å². The molecule has 1 aliphatic heterocycles. The van der Waals surface area contributed by atoms with Crippen LogP contribution in [0.15, 0.2) is 77.1 Å². The number of benzene rings is 2. The Morgan fingerprint density at radius 3 is 2.33 bits per heavy atom. The molecule has 33 heavy (non-hydrogen) atoms. The lowest BCUT2D eigenvalue weighted by atomic mass is 9.91. The Morgan fingerprint density at radius 2 is 1.70 bits per heavy atom. The lowest BCUT2D eigenvalue weighted by Gasteiger charge is -2.27. The van der Waals surface area contributed by atoms with Gasteiger partial charge < -0.3 is 15.5 Å². The monoisotopic (exact) mass is 574 g/mol. The van der Waals surface area contributed by atoms with Gasteiger partial charge in [-0.3, -0.25) is 9.79 Å². The van der Waals surface area contributed by atoms with E-state index in [0.29, 0.717) is 25.5 Å². The van der Waals surface area contributed by atoms with Gasteiger partial charge in [0.2, 0.25) is 5.91 Å². The molecule has 0 aliphatic carbocycles. The van der Waals surface area contributed by atoms with Gasteiger partial charge in [0, 0.05) is 50.4 Å². The van der Waals surface area contributed by atoms with Crippen molar-refractivity contribution in [2.24, 2.45) is 4.99 Å². The van der Waals surface area contributed by atoms with Crippen LogP contribution in [-0.2, 0) is 17.8 Å². The lowest BCUT2D eigenvalue weighted by Crippen LogP contribution is -2.42. The Balaban J connectivity index is 0.00000306. The molecule has 174 valence electrons. The number of aliphatic imine (C=N–C) groups is 1. The van der Waals surface area contributed by atoms with E-state index >= 15 is 0 Å². The number of nitrogens with zero attached hydrogens (tertiary/aromatic N) is 2. The van der Waals surface area contributed by atoms with Gasteiger partial charge in [0.05, 0.1) is 0 Å². The number of hydrogen-bond acceptors (Lipinski definition) is 3. The SMILES string of the molecule is CN=C(NCCC(=O)N1CCc2sccc2C1)NCC(c1ccccc1)c1ccccc1.I. The van der Waals surface area contributed by atoms with E-state index in [9.17, 15) is 4.79 Å². The summed E-state index contributed by atoms with van der Waals surface area (Å²) in [5.74, 6) is 1.12. The van der Waals surface area contributed by atoms with Gasteiger partial charge in [-0.25, -0.2) is 0 Å². The second kappa shape index (κ2) is 12.7. The largest absolute Gasteiger partial charge is 0.356 e. The molecule has 1 aromatic heterocycles. The van der Waals surface area contributed by atoms with E-state index in [2.05, 4.69) is 75.6 Å². The third-order valence-electron chi connectivity index (χ3n) is 5.89. The number of guanidine groups is 1. The Kier molecular flexibility index (Phi) is 9.75. The van der Waals surface area contributed by atoms with E-state index in [0.717, 1.165) is 19.5 Å². The molecule has 1 aliphatic rings. The van der Waals surface area contributed by atoms with Crippen molar-refractivity contribution in [3.63, 3.8) is 0 Å². The van der Waals surface area contributed by atoms with Gasteiger partial charge in [0.25, 0.3) is 0 Å². The summed E-state index contributed by atoms with van der Waals surface area (Å²) in [5.41, 5.74) is 3.82. The normalized spacial score (nSPS) is 13.3. The van der Waals surface area contributed by atoms with E-state index in [1.807, 2.05) is 17.0 Å². The van der Waals surface area contributed by atoms with E-state index in [1.54, 1.807) is 18.4 Å². The number of amides is 1. The van der Waals surface area contributed by atoms with E-state index in [4.69, 9.17) is 0 Å². The van der Waals surface area contributed by atoms with Crippen LogP contribution in [-0.4, -0.2) is 43.4 Å². The Hall–Kier alpha value is -2.39. The molecule has 0 saturated heterocycles. The third kappa shape index (κ3) is 6.80. The molecule has 0 atom stereocenters. The highest BCUT2D eigenvalue weighted by Crippen LogP contribution is 2.25. The van der Waals surface area contributed by atoms with Crippen LogP contribution < -0.4 is 10.6 Å². The molecule has 4 rings (SSSR count). The molecule has 0 fully saturated rings. The summed E-state index contributed by atoms with van der Waals surface area (Å²) in [6.45, 7) is 2.83. The molecule has 0 radical (unpaired) electrons. The lowest BCUT2D eigenvalue weighted by molar-refractivity contribution is -0.131. The fourth-order valence-corrected chi connectivity index (χ4v) is 5.02. The number of carbonyl (C=O) groups is 1. The number of thiophene rings is 1. The molecule has 5 nitrogen and oxygen atoms in total. The van der Waals surface area contributed by atoms with Crippen molar-refractivity contribution < 1.29 is 4.79 Å². The molecule has 0 bridgehead atoms. The second-order valence-corrected chi connectivity index (χ2v) is 8.94. The topological polar surface area (TPSA) is 56.7 Å². The minimum atomic E-state index is 0. The summed E-state index contributed by atoms with van der Waals surface area (Å²) < 4.78 is 0. The minimum absolute atomic E-state index is 0. The molecule has 0 saturated carbocycles. The first kappa shape index (κ1) is 25.2. The first-order valence-electron chi connectivity index (χ1n) is 11.1. The van der Waals surface area contributed by atoms with E-state index in [1.165, 1.54) is 21.6 Å². The highest BCUT2D eigenvalue weighted by molar-refractivity contribution is 14.0. The van der Waals surface area contributed by atoms with Crippen LogP contribution >= 0.6 is 35.3 Å². The van der Waals surface area contributed by atoms with Gasteiger partial charge in [-0.1, -0.05) is 60.7 Å². The zero-order chi connectivity index (χ0) is 22.2. The van der Waals surface area contributed by atoms with Crippen LogP contribution in [0.3, 0.4) is 0 Å². The van der Waals surface area contributed by atoms with Crippen molar-refractivity contribution in [3.05, 3.63) is 93.7 Å². The number of fused-ring (bicyclic) bond motifs is 1. The van der Waals surface area contributed by atoms with Crippen molar-refractivity contribution in [1.29, 1.82) is 0 Å². The molecular formula is C26H31IN4OS. The fourth-order valence-electron chi connectivity index (χ4n) is 4.13. The summed E-state index contributed by atoms with van der Waals surface area (Å²) >= 11 is 1.79. The number of rotatable bonds is 7. The maximum Gasteiger partial charge on any atom is 0.224 e. The molecular weight excluding hydrogens is 543 g/mol. The molecule has 1 amide bonds. The molecule has 2 heterocycles. The summed E-state index contributed by atoms with van der Waals surface area (Å²) in [5, 5.41) is 8.87. The standard InChI is InChI=1S/C26H30N4OS.HI/c1-27-26(28-15-12-25(31)30-16-13-24-22(19-30)14-17-32-24)29-18-23(20-8-4-2-5-9-20)21-10-6-3-7-11-21;/h2-11,14,17,23H,12-13,15-16,18-19H2,1H3,(H2,27,28,29);1H. The average molecular weight is 575 g/mol. The zero-order valence-corrected chi connectivity index (χ0v) is 22.0. The number of hydrogen-bond donors (Lipinski definition) is 2. The zero-order valence-electron chi connectivity index (χ0n) is 18.9. The summed E-state index contributed by atoms with van der Waals surface area (Å²) in [6.07, 6.45) is 1.43. The number of carbonyl (C=O) groups excluding carboxylic acids is 1. The molecule has 7 heteroatoms. The third-order valence-corrected chi connectivity index (χ3v) is 6.92. The van der Waals surface area contributed by atoms with Gasteiger partial charge >= 0.3 is 0 Å². The molecule has 2 aromatic carbocycles. The van der Waals surface area contributed by atoms with E-state index in [-0.39, 0.29) is 35.8 Å². The van der Waals surface area contributed by atoms with Gasteiger partial charge in [0.1, 0.15) is 0 Å². The predicted octanol–water partition coefficient (Wildman–Crippen LogP) is 4.64. The Bertz CT molecular complexity index is 999. The molecule has 0 spiro atoms. The maximum atomic E-state index is 12.7. The van der Waals surface area contributed by atoms with Gasteiger partial charge in [-0.15, -0.1) is 35.3 Å². The smallest absolute Gasteiger partial charge is 0.224 e. The number of halogens is 1. The van der Waals surface area contributed by atoms with Crippen LogP contribution in [0, 0.1) is 0 Å². The van der Waals surface area contributed by atoms with Crippen molar-refractivity contribution in [3.8, 4) is 0 Å². The van der Waals surface area contributed by atoms with Crippen LogP contribution in [0.1, 0.15) is 33.9 Å². The molecule has 3 aromatic rings. The highest BCUT2D eigenvalue weighted by atomic mass is 127. The Morgan fingerprint density at radius 1 is 1.03 bits per heavy atom. The van der Waals surface area contributed by atoms with Crippen LogP contribution in [0.4, 0.5) is 0 Å². The predicted molar refractivity (Wildman–Crippen MR) is 148 cm³/mol. The van der Waals surface area contributed by atoms with Gasteiger partial charge in [0.15, 0.2) is 5.96 Å². The van der Waals surface area contributed by atoms with Crippen molar-refractivity contribution >= 4 is 47.2 Å². The highest BCUT2D eigenvalue weighted by Gasteiger charge is 2.21. The molecule has 0 unspecified atom stereocenters. The second-order valence-electron chi connectivity index (χ2n) is 7.94. The maximum absolute atomic E-state index is 12.7. The van der Waals surface area contributed by atoms with Crippen LogP contribution in [0.25, 0.3) is 0 Å². The van der Waals surface area contributed by atoms with Gasteiger partial charge in [-0.05, 0) is 34.6 Å². The van der Waals surface area contributed by atoms with Gasteiger partial charge in [-0.2, -0.15) is 0 Å². The first-order valence-corrected chi connectivity index (χ1v) is 12.0. The first-order chi connectivity index (χ1) is 15.7. The van der Waals surface area contributed by atoms with Crippen molar-refractivity contribution in [1.82, 2.24) is 15.5 Å². The fraction of sp³-hybridized carbons (Fsp3) is 0.308. The Labute approximate surface area is 217 Å². The van der Waals surface area contributed by atoms with Crippen molar-refractivity contribution in [2.45, 2.75) is 25.3 Å². The van der Waals surface area contributed by atoms with E-state index < -0.39 is 0 Å².